The van der Waals surface area contributed by atoms with Gasteiger partial charge in [0.15, 0.2) is 0 Å². The van der Waals surface area contributed by atoms with Crippen molar-refractivity contribution in [1.82, 2.24) is 5.32 Å². The van der Waals surface area contributed by atoms with Crippen LogP contribution in [0.4, 0.5) is 0 Å². The van der Waals surface area contributed by atoms with E-state index in [1.54, 1.807) is 0 Å². The highest BCUT2D eigenvalue weighted by atomic mass is 32.2. The van der Waals surface area contributed by atoms with E-state index in [1.165, 1.54) is 6.42 Å². The zero-order chi connectivity index (χ0) is 12.2. The van der Waals surface area contributed by atoms with Crippen molar-refractivity contribution >= 4 is 17.7 Å². The number of rotatable bonds is 5. The van der Waals surface area contributed by atoms with Gasteiger partial charge in [-0.3, -0.25) is 4.79 Å². The molecule has 94 valence electrons. The van der Waals surface area contributed by atoms with E-state index in [4.69, 9.17) is 5.73 Å². The maximum Gasteiger partial charge on any atom is 0.220 e. The molecule has 2 unspecified atom stereocenters. The lowest BCUT2D eigenvalue weighted by molar-refractivity contribution is -0.122. The van der Waals surface area contributed by atoms with Crippen molar-refractivity contribution in [2.24, 2.45) is 5.73 Å². The highest BCUT2D eigenvalue weighted by Crippen LogP contribution is 2.28. The number of carbonyl (C=O) groups excluding carboxylic acids is 1. The van der Waals surface area contributed by atoms with E-state index in [0.717, 1.165) is 24.5 Å². The van der Waals surface area contributed by atoms with E-state index in [9.17, 15) is 4.79 Å². The average molecular weight is 244 g/mol. The minimum absolute atomic E-state index is 0.158. The largest absolute Gasteiger partial charge is 0.353 e. The van der Waals surface area contributed by atoms with Gasteiger partial charge in [-0.2, -0.15) is 11.8 Å². The molecule has 0 saturated heterocycles. The second-order valence-corrected chi connectivity index (χ2v) is 6.56. The Balaban J connectivity index is 2.20. The van der Waals surface area contributed by atoms with Crippen molar-refractivity contribution in [2.45, 2.75) is 62.8 Å². The molecule has 1 fully saturated rings. The Bertz CT molecular complexity index is 238. The first-order chi connectivity index (χ1) is 7.40. The summed E-state index contributed by atoms with van der Waals surface area (Å²) in [6.45, 7) is 3.92. The molecule has 0 bridgehead atoms. The number of hydrogen-bond donors (Lipinski definition) is 2. The molecule has 0 radical (unpaired) electrons. The van der Waals surface area contributed by atoms with Crippen LogP contribution in [0.3, 0.4) is 0 Å². The van der Waals surface area contributed by atoms with Crippen LogP contribution in [0, 0.1) is 0 Å². The first kappa shape index (κ1) is 13.8. The number of carbonyl (C=O) groups is 1. The summed E-state index contributed by atoms with van der Waals surface area (Å²) in [4.78, 5) is 11.7. The summed E-state index contributed by atoms with van der Waals surface area (Å²) in [5.41, 5.74) is 5.61. The van der Waals surface area contributed by atoms with Gasteiger partial charge in [0.25, 0.3) is 0 Å². The minimum atomic E-state index is -0.241. The van der Waals surface area contributed by atoms with Gasteiger partial charge in [0.2, 0.25) is 5.91 Å². The first-order valence-corrected chi connectivity index (χ1v) is 7.30. The third kappa shape index (κ3) is 5.21. The van der Waals surface area contributed by atoms with E-state index >= 15 is 0 Å². The van der Waals surface area contributed by atoms with E-state index in [2.05, 4.69) is 11.6 Å². The lowest BCUT2D eigenvalue weighted by atomic mass is 10.00. The van der Waals surface area contributed by atoms with E-state index in [-0.39, 0.29) is 11.4 Å². The molecule has 1 amide bonds. The van der Waals surface area contributed by atoms with Gasteiger partial charge in [-0.15, -0.1) is 0 Å². The van der Waals surface area contributed by atoms with Crippen LogP contribution >= 0.6 is 11.8 Å². The topological polar surface area (TPSA) is 55.1 Å². The van der Waals surface area contributed by atoms with Gasteiger partial charge in [-0.1, -0.05) is 0 Å². The maximum absolute atomic E-state index is 11.7. The molecule has 2 atom stereocenters. The van der Waals surface area contributed by atoms with Crippen LogP contribution in [0.5, 0.6) is 0 Å². The van der Waals surface area contributed by atoms with E-state index < -0.39 is 0 Å². The molecule has 1 aliphatic carbocycles. The van der Waals surface area contributed by atoms with Gasteiger partial charge in [-0.05, 0) is 45.8 Å². The molecule has 16 heavy (non-hydrogen) atoms. The molecular formula is C12H24N2OS. The van der Waals surface area contributed by atoms with Crippen LogP contribution < -0.4 is 11.1 Å². The van der Waals surface area contributed by atoms with E-state index in [1.807, 2.05) is 25.6 Å². The van der Waals surface area contributed by atoms with Crippen molar-refractivity contribution in [3.63, 3.8) is 0 Å². The molecule has 0 spiro atoms. The Labute approximate surface area is 103 Å². The zero-order valence-electron chi connectivity index (χ0n) is 10.6. The number of hydrogen-bond acceptors (Lipinski definition) is 3. The molecule has 1 aliphatic rings. The van der Waals surface area contributed by atoms with Crippen LogP contribution in [0.2, 0.25) is 0 Å². The number of thioether (sulfide) groups is 1. The monoisotopic (exact) mass is 244 g/mol. The third-order valence-corrected chi connectivity index (χ3v) is 4.17. The number of amides is 1. The summed E-state index contributed by atoms with van der Waals surface area (Å²) in [7, 11) is 0. The summed E-state index contributed by atoms with van der Waals surface area (Å²) in [5.74, 6) is 0.158. The highest BCUT2D eigenvalue weighted by Gasteiger charge is 2.25. The molecule has 0 aliphatic heterocycles. The first-order valence-electron chi connectivity index (χ1n) is 6.02. The molecule has 3 nitrogen and oxygen atoms in total. The van der Waals surface area contributed by atoms with Crippen LogP contribution in [-0.2, 0) is 4.79 Å². The Morgan fingerprint density at radius 3 is 2.69 bits per heavy atom. The molecule has 0 heterocycles. The molecule has 0 aromatic heterocycles. The second-order valence-electron chi connectivity index (χ2n) is 5.42. The van der Waals surface area contributed by atoms with Crippen molar-refractivity contribution in [1.29, 1.82) is 0 Å². The minimum Gasteiger partial charge on any atom is -0.353 e. The molecule has 1 rings (SSSR count). The highest BCUT2D eigenvalue weighted by molar-refractivity contribution is 7.99. The Hall–Kier alpha value is -0.220. The van der Waals surface area contributed by atoms with Crippen LogP contribution in [-0.4, -0.2) is 29.0 Å². The smallest absolute Gasteiger partial charge is 0.220 e. The summed E-state index contributed by atoms with van der Waals surface area (Å²) in [5, 5.41) is 3.84. The van der Waals surface area contributed by atoms with Gasteiger partial charge in [0.05, 0.1) is 0 Å². The van der Waals surface area contributed by atoms with Crippen LogP contribution in [0.15, 0.2) is 0 Å². The number of nitrogens with one attached hydrogen (secondary N) is 1. The molecular weight excluding hydrogens is 220 g/mol. The van der Waals surface area contributed by atoms with Crippen molar-refractivity contribution in [2.75, 3.05) is 6.26 Å². The molecule has 1 saturated carbocycles. The molecule has 0 aromatic carbocycles. The van der Waals surface area contributed by atoms with E-state index in [0.29, 0.717) is 12.5 Å². The van der Waals surface area contributed by atoms with Gasteiger partial charge in [-0.25, -0.2) is 0 Å². The maximum atomic E-state index is 11.7. The van der Waals surface area contributed by atoms with Crippen molar-refractivity contribution < 1.29 is 4.79 Å². The fraction of sp³-hybridized carbons (Fsp3) is 0.917. The Morgan fingerprint density at radius 1 is 1.50 bits per heavy atom. The third-order valence-electron chi connectivity index (χ3n) is 3.08. The fourth-order valence-electron chi connectivity index (χ4n) is 2.02. The van der Waals surface area contributed by atoms with Crippen molar-refractivity contribution in [3.8, 4) is 0 Å². The van der Waals surface area contributed by atoms with Gasteiger partial charge in [0.1, 0.15) is 0 Å². The fourth-order valence-corrected chi connectivity index (χ4v) is 2.82. The van der Waals surface area contributed by atoms with Crippen LogP contribution in [0.1, 0.15) is 46.0 Å². The summed E-state index contributed by atoms with van der Waals surface area (Å²) in [6, 6.07) is 0.394. The van der Waals surface area contributed by atoms with Gasteiger partial charge in [0, 0.05) is 23.3 Å². The number of nitrogens with two attached hydrogens (primary N) is 1. The predicted molar refractivity (Wildman–Crippen MR) is 70.6 cm³/mol. The summed E-state index contributed by atoms with van der Waals surface area (Å²) >= 11 is 1.91. The molecule has 4 heteroatoms. The van der Waals surface area contributed by atoms with Gasteiger partial charge >= 0.3 is 0 Å². The normalized spacial score (nSPS) is 25.8. The predicted octanol–water partition coefficient (Wildman–Crippen LogP) is 1.90. The molecule has 3 N–H and O–H groups in total. The zero-order valence-corrected chi connectivity index (χ0v) is 11.4. The summed E-state index contributed by atoms with van der Waals surface area (Å²) < 4.78 is 0. The van der Waals surface area contributed by atoms with Crippen LogP contribution in [0.25, 0.3) is 0 Å². The summed E-state index contributed by atoms with van der Waals surface area (Å²) in [6.07, 6.45) is 6.92. The lowest BCUT2D eigenvalue weighted by Gasteiger charge is -2.19. The Kier molecular flexibility index (Phi) is 5.12. The van der Waals surface area contributed by atoms with Crippen molar-refractivity contribution in [3.05, 3.63) is 0 Å². The SMILES string of the molecule is CSC1CCC(NC(=O)CCC(C)(C)N)C1. The standard InChI is InChI=1S/C12H24N2OS/c1-12(2,13)7-6-11(15)14-9-4-5-10(8-9)16-3/h9-10H,4-8,13H2,1-3H3,(H,14,15). The molecule has 0 aromatic rings. The second kappa shape index (κ2) is 5.92. The van der Waals surface area contributed by atoms with Gasteiger partial charge < -0.3 is 11.1 Å². The average Bonchev–Trinajstić information content (AvgIpc) is 2.61. The Morgan fingerprint density at radius 2 is 2.19 bits per heavy atom. The quantitative estimate of drug-likeness (QED) is 0.776. The lowest BCUT2D eigenvalue weighted by Crippen LogP contribution is -2.37.